The third kappa shape index (κ3) is 4.36. The van der Waals surface area contributed by atoms with Gasteiger partial charge in [0, 0.05) is 35.2 Å². The lowest BCUT2D eigenvalue weighted by Crippen LogP contribution is -2.18. The summed E-state index contributed by atoms with van der Waals surface area (Å²) in [7, 11) is 0. The number of benzene rings is 3. The van der Waals surface area contributed by atoms with Crippen molar-refractivity contribution in [2.75, 3.05) is 23.7 Å². The van der Waals surface area contributed by atoms with Crippen molar-refractivity contribution in [3.63, 3.8) is 0 Å². The molecule has 4 aromatic rings. The normalized spacial score (nSPS) is 16.7. The van der Waals surface area contributed by atoms with Crippen LogP contribution in [0.5, 0.6) is 0 Å². The van der Waals surface area contributed by atoms with Gasteiger partial charge in [-0.2, -0.15) is 0 Å². The van der Waals surface area contributed by atoms with Crippen molar-refractivity contribution in [2.45, 2.75) is 19.4 Å². The first-order valence-corrected chi connectivity index (χ1v) is 12.1. The smallest absolute Gasteiger partial charge is 0.258 e. The van der Waals surface area contributed by atoms with Gasteiger partial charge < -0.3 is 15.6 Å². The number of aromatic nitrogens is 2. The number of nitrogens with zero attached hydrogens (tertiary/aromatic N) is 2. The Hall–Kier alpha value is -4.16. The number of rotatable bonds is 6. The molecule has 2 aliphatic heterocycles. The van der Waals surface area contributed by atoms with Gasteiger partial charge in [-0.25, -0.2) is 4.98 Å². The maximum Gasteiger partial charge on any atom is 0.258 e. The van der Waals surface area contributed by atoms with Crippen molar-refractivity contribution in [3.05, 3.63) is 102 Å². The molecule has 0 saturated carbocycles. The highest BCUT2D eigenvalue weighted by Crippen LogP contribution is 2.37. The van der Waals surface area contributed by atoms with Crippen LogP contribution < -0.4 is 10.6 Å². The number of aromatic amines is 1. The molecule has 3 aromatic carbocycles. The van der Waals surface area contributed by atoms with Gasteiger partial charge in [-0.1, -0.05) is 54.6 Å². The van der Waals surface area contributed by atoms with E-state index in [1.165, 1.54) is 31.5 Å². The molecule has 174 valence electrons. The molecule has 6 heteroatoms. The van der Waals surface area contributed by atoms with Crippen molar-refractivity contribution in [3.8, 4) is 11.3 Å². The Balaban J connectivity index is 1.36. The maximum absolute atomic E-state index is 13.1. The summed E-state index contributed by atoms with van der Waals surface area (Å²) >= 11 is 0. The first kappa shape index (κ1) is 21.4. The molecule has 6 nitrogen and oxygen atoms in total. The van der Waals surface area contributed by atoms with Crippen LogP contribution in [-0.2, 0) is 11.3 Å². The molecule has 35 heavy (non-hydrogen) atoms. The number of hydrogen-bond donors (Lipinski definition) is 3. The number of carbonyl (C=O) groups excluding carboxylic acids is 1. The molecule has 3 N–H and O–H groups in total. The molecular formula is C29H27N5O. The minimum absolute atomic E-state index is 0.0945. The van der Waals surface area contributed by atoms with Gasteiger partial charge in [-0.3, -0.25) is 9.69 Å². The third-order valence-electron chi connectivity index (χ3n) is 6.72. The average Bonchev–Trinajstić information content (AvgIpc) is 3.65. The topological polar surface area (TPSA) is 73.0 Å². The monoisotopic (exact) mass is 461 g/mol. The van der Waals surface area contributed by atoms with Gasteiger partial charge in [0.05, 0.1) is 23.3 Å². The molecule has 0 bridgehead atoms. The van der Waals surface area contributed by atoms with E-state index in [1.807, 2.05) is 54.7 Å². The van der Waals surface area contributed by atoms with Gasteiger partial charge in [-0.15, -0.1) is 0 Å². The van der Waals surface area contributed by atoms with Crippen LogP contribution in [0.1, 0.15) is 29.5 Å². The number of anilines is 2. The summed E-state index contributed by atoms with van der Waals surface area (Å²) in [5.74, 6) is -0.0945. The fraction of sp³-hybridized carbons (Fsp3) is 0.172. The maximum atomic E-state index is 13.1. The summed E-state index contributed by atoms with van der Waals surface area (Å²) in [5.41, 5.74) is 8.31. The third-order valence-corrected chi connectivity index (χ3v) is 6.72. The van der Waals surface area contributed by atoms with Gasteiger partial charge in [0.25, 0.3) is 5.91 Å². The van der Waals surface area contributed by atoms with Crippen LogP contribution in [0.2, 0.25) is 0 Å². The Morgan fingerprint density at radius 2 is 1.71 bits per heavy atom. The van der Waals surface area contributed by atoms with E-state index >= 15 is 0 Å². The summed E-state index contributed by atoms with van der Waals surface area (Å²) in [4.78, 5) is 22.9. The highest BCUT2D eigenvalue weighted by molar-refractivity contribution is 6.37. The summed E-state index contributed by atoms with van der Waals surface area (Å²) < 4.78 is 0. The predicted molar refractivity (Wildman–Crippen MR) is 140 cm³/mol. The van der Waals surface area contributed by atoms with E-state index in [4.69, 9.17) is 0 Å². The molecule has 0 unspecified atom stereocenters. The Morgan fingerprint density at radius 1 is 0.943 bits per heavy atom. The standard InChI is InChI=1S/C29H27N5O/c35-29-27(24-5-1-2-6-25(24)33-29)28(22-9-7-20(8-10-22)18-34-15-3-4-16-34)32-23-13-11-21(12-14-23)26-17-30-19-31-26/h1-2,5-14,17,19,32H,3-4,15-16,18H2,(H,30,31)(H,33,35)/b28-27-. The number of hydrogen-bond acceptors (Lipinski definition) is 4. The largest absolute Gasteiger partial charge is 0.354 e. The van der Waals surface area contributed by atoms with Crippen LogP contribution in [0.15, 0.2) is 85.3 Å². The number of imidazole rings is 1. The minimum Gasteiger partial charge on any atom is -0.354 e. The lowest BCUT2D eigenvalue weighted by molar-refractivity contribution is -0.110. The number of nitrogens with one attached hydrogen (secondary N) is 3. The van der Waals surface area contributed by atoms with Gasteiger partial charge in [-0.05, 0) is 55.3 Å². The summed E-state index contributed by atoms with van der Waals surface area (Å²) in [6.45, 7) is 3.31. The second-order valence-corrected chi connectivity index (χ2v) is 9.09. The van der Waals surface area contributed by atoms with E-state index < -0.39 is 0 Å². The van der Waals surface area contributed by atoms with E-state index in [0.717, 1.165) is 46.0 Å². The molecule has 0 atom stereocenters. The van der Waals surface area contributed by atoms with Crippen LogP contribution in [0, 0.1) is 0 Å². The fourth-order valence-electron chi connectivity index (χ4n) is 4.91. The molecule has 1 aromatic heterocycles. The van der Waals surface area contributed by atoms with Gasteiger partial charge in [0.1, 0.15) is 0 Å². The number of fused-ring (bicyclic) bond motifs is 1. The molecule has 0 radical (unpaired) electrons. The van der Waals surface area contributed by atoms with E-state index in [-0.39, 0.29) is 5.91 Å². The Labute approximate surface area is 204 Å². The zero-order valence-corrected chi connectivity index (χ0v) is 19.4. The summed E-state index contributed by atoms with van der Waals surface area (Å²) in [6, 6.07) is 24.5. The Morgan fingerprint density at radius 3 is 2.46 bits per heavy atom. The highest BCUT2D eigenvalue weighted by Gasteiger charge is 2.28. The zero-order chi connectivity index (χ0) is 23.6. The van der Waals surface area contributed by atoms with E-state index in [1.54, 1.807) is 6.33 Å². The summed E-state index contributed by atoms with van der Waals surface area (Å²) in [5, 5.41) is 6.57. The molecule has 2 aliphatic rings. The quantitative estimate of drug-likeness (QED) is 0.327. The van der Waals surface area contributed by atoms with Crippen LogP contribution in [0.25, 0.3) is 22.5 Å². The highest BCUT2D eigenvalue weighted by atomic mass is 16.2. The van der Waals surface area contributed by atoms with Crippen LogP contribution in [-0.4, -0.2) is 33.9 Å². The van der Waals surface area contributed by atoms with E-state index in [9.17, 15) is 4.79 Å². The number of amides is 1. The molecular weight excluding hydrogens is 434 g/mol. The summed E-state index contributed by atoms with van der Waals surface area (Å²) in [6.07, 6.45) is 6.12. The van der Waals surface area contributed by atoms with Crippen molar-refractivity contribution in [1.82, 2.24) is 14.9 Å². The van der Waals surface area contributed by atoms with Crippen molar-refractivity contribution < 1.29 is 4.79 Å². The van der Waals surface area contributed by atoms with Crippen LogP contribution in [0.3, 0.4) is 0 Å². The zero-order valence-electron chi connectivity index (χ0n) is 19.4. The SMILES string of the molecule is O=C1Nc2ccccc2/C1=C(/Nc1ccc(-c2c[nH]cn2)cc1)c1ccc(CN2CCCC2)cc1. The van der Waals surface area contributed by atoms with E-state index in [2.05, 4.69) is 49.8 Å². The molecule has 1 amide bonds. The Kier molecular flexibility index (Phi) is 5.64. The van der Waals surface area contributed by atoms with Crippen LogP contribution >= 0.6 is 0 Å². The molecule has 6 rings (SSSR count). The number of likely N-dealkylation sites (tertiary alicyclic amines) is 1. The number of H-pyrrole nitrogens is 1. The fourth-order valence-corrected chi connectivity index (χ4v) is 4.91. The lowest BCUT2D eigenvalue weighted by Gasteiger charge is -2.17. The lowest BCUT2D eigenvalue weighted by atomic mass is 9.99. The van der Waals surface area contributed by atoms with Crippen molar-refractivity contribution >= 4 is 28.6 Å². The van der Waals surface area contributed by atoms with Gasteiger partial charge in [0.15, 0.2) is 0 Å². The van der Waals surface area contributed by atoms with E-state index in [0.29, 0.717) is 5.57 Å². The van der Waals surface area contributed by atoms with Crippen molar-refractivity contribution in [1.29, 1.82) is 0 Å². The first-order chi connectivity index (χ1) is 17.2. The average molecular weight is 462 g/mol. The molecule has 3 heterocycles. The number of para-hydroxylation sites is 1. The molecule has 1 saturated heterocycles. The second-order valence-electron chi connectivity index (χ2n) is 9.09. The first-order valence-electron chi connectivity index (χ1n) is 12.1. The molecule has 0 spiro atoms. The molecule has 0 aliphatic carbocycles. The number of carbonyl (C=O) groups is 1. The minimum atomic E-state index is -0.0945. The van der Waals surface area contributed by atoms with Crippen LogP contribution in [0.4, 0.5) is 11.4 Å². The van der Waals surface area contributed by atoms with Gasteiger partial charge >= 0.3 is 0 Å². The predicted octanol–water partition coefficient (Wildman–Crippen LogP) is 5.61. The van der Waals surface area contributed by atoms with Gasteiger partial charge in [0.2, 0.25) is 0 Å². The van der Waals surface area contributed by atoms with Crippen molar-refractivity contribution in [2.24, 2.45) is 0 Å². The second kappa shape index (κ2) is 9.24. The Bertz CT molecular complexity index is 1370. The molecule has 1 fully saturated rings.